The fourth-order valence-electron chi connectivity index (χ4n) is 1.62. The van der Waals surface area contributed by atoms with Crippen molar-refractivity contribution in [2.45, 2.75) is 19.1 Å². The second-order valence-corrected chi connectivity index (χ2v) is 5.31. The van der Waals surface area contributed by atoms with E-state index in [-0.39, 0.29) is 11.8 Å². The minimum absolute atomic E-state index is 0.170. The summed E-state index contributed by atoms with van der Waals surface area (Å²) in [5, 5.41) is 6.75. The van der Waals surface area contributed by atoms with Gasteiger partial charge >= 0.3 is 0 Å². The molecule has 1 aliphatic heterocycles. The van der Waals surface area contributed by atoms with E-state index in [9.17, 15) is 4.79 Å². The molecule has 0 aromatic heterocycles. The van der Waals surface area contributed by atoms with Gasteiger partial charge in [-0.3, -0.25) is 4.79 Å². The van der Waals surface area contributed by atoms with Gasteiger partial charge in [0.25, 0.3) is 0 Å². The lowest BCUT2D eigenvalue weighted by molar-refractivity contribution is -0.125. The van der Waals surface area contributed by atoms with Crippen LogP contribution >= 0.6 is 11.8 Å². The zero-order valence-corrected chi connectivity index (χ0v) is 9.99. The van der Waals surface area contributed by atoms with Gasteiger partial charge in [-0.25, -0.2) is 0 Å². The average molecular weight is 216 g/mol. The van der Waals surface area contributed by atoms with Crippen molar-refractivity contribution in [1.82, 2.24) is 10.6 Å². The largest absolute Gasteiger partial charge is 0.355 e. The van der Waals surface area contributed by atoms with E-state index in [0.29, 0.717) is 11.2 Å². The molecule has 3 nitrogen and oxygen atoms in total. The Morgan fingerprint density at radius 1 is 1.64 bits per heavy atom. The first-order valence-electron chi connectivity index (χ1n) is 5.16. The van der Waals surface area contributed by atoms with E-state index < -0.39 is 0 Å². The van der Waals surface area contributed by atoms with Crippen LogP contribution in [0.3, 0.4) is 0 Å². The summed E-state index contributed by atoms with van der Waals surface area (Å²) < 4.78 is 0. The van der Waals surface area contributed by atoms with Crippen molar-refractivity contribution < 1.29 is 4.79 Å². The van der Waals surface area contributed by atoms with E-state index in [1.165, 1.54) is 0 Å². The lowest BCUT2D eigenvalue weighted by atomic mass is 9.97. The Bertz CT molecular complexity index is 199. The second kappa shape index (κ2) is 5.61. The zero-order valence-electron chi connectivity index (χ0n) is 9.17. The fourth-order valence-corrected chi connectivity index (χ4v) is 1.87. The molecule has 4 heteroatoms. The Balaban J connectivity index is 2.27. The van der Waals surface area contributed by atoms with Crippen LogP contribution in [-0.4, -0.2) is 37.0 Å². The van der Waals surface area contributed by atoms with Crippen molar-refractivity contribution in [3.05, 3.63) is 0 Å². The molecule has 0 aliphatic carbocycles. The lowest BCUT2D eigenvalue weighted by Crippen LogP contribution is -2.37. The summed E-state index contributed by atoms with van der Waals surface area (Å²) >= 11 is 1.78. The van der Waals surface area contributed by atoms with Gasteiger partial charge in [0.2, 0.25) is 5.91 Å². The van der Waals surface area contributed by atoms with Gasteiger partial charge in [-0.1, -0.05) is 13.8 Å². The standard InChI is InChI=1S/C10H20N2OS/c1-7-4-11-6-9(7)10(13)12-5-8(2)14-3/h7-9,11H,4-6H2,1-3H3,(H,12,13)/t7-,8?,9-/m1/s1. The normalized spacial score (nSPS) is 28.8. The van der Waals surface area contributed by atoms with E-state index in [1.54, 1.807) is 11.8 Å². The van der Waals surface area contributed by atoms with Crippen molar-refractivity contribution >= 4 is 17.7 Å². The van der Waals surface area contributed by atoms with Crippen LogP contribution in [0.2, 0.25) is 0 Å². The second-order valence-electron chi connectivity index (χ2n) is 4.03. The van der Waals surface area contributed by atoms with Crippen molar-refractivity contribution in [3.8, 4) is 0 Å². The van der Waals surface area contributed by atoms with Gasteiger partial charge in [0.1, 0.15) is 0 Å². The molecule has 0 saturated carbocycles. The van der Waals surface area contributed by atoms with E-state index in [2.05, 4.69) is 30.7 Å². The fraction of sp³-hybridized carbons (Fsp3) is 0.900. The number of carbonyl (C=O) groups is 1. The van der Waals surface area contributed by atoms with Crippen LogP contribution in [0, 0.1) is 11.8 Å². The van der Waals surface area contributed by atoms with Crippen LogP contribution in [0.1, 0.15) is 13.8 Å². The van der Waals surface area contributed by atoms with Crippen molar-refractivity contribution in [2.24, 2.45) is 11.8 Å². The third-order valence-electron chi connectivity index (χ3n) is 2.82. The maximum absolute atomic E-state index is 11.7. The number of hydrogen-bond donors (Lipinski definition) is 2. The molecule has 0 spiro atoms. The molecule has 0 aromatic rings. The molecular weight excluding hydrogens is 196 g/mol. The molecule has 0 aromatic carbocycles. The number of nitrogens with one attached hydrogen (secondary N) is 2. The predicted octanol–water partition coefficient (Wildman–Crippen LogP) is 0.710. The molecule has 1 aliphatic rings. The van der Waals surface area contributed by atoms with Gasteiger partial charge in [-0.05, 0) is 18.7 Å². The number of hydrogen-bond acceptors (Lipinski definition) is 3. The maximum Gasteiger partial charge on any atom is 0.224 e. The van der Waals surface area contributed by atoms with Gasteiger partial charge in [0, 0.05) is 18.3 Å². The summed E-state index contributed by atoms with van der Waals surface area (Å²) in [5.41, 5.74) is 0. The van der Waals surface area contributed by atoms with Crippen LogP contribution in [0.5, 0.6) is 0 Å². The van der Waals surface area contributed by atoms with Gasteiger partial charge in [-0.15, -0.1) is 0 Å². The average Bonchev–Trinajstić information content (AvgIpc) is 2.60. The molecule has 0 bridgehead atoms. The molecule has 1 fully saturated rings. The first-order valence-corrected chi connectivity index (χ1v) is 6.45. The van der Waals surface area contributed by atoms with Gasteiger partial charge < -0.3 is 10.6 Å². The van der Waals surface area contributed by atoms with E-state index in [1.807, 2.05) is 0 Å². The third kappa shape index (κ3) is 3.17. The van der Waals surface area contributed by atoms with Crippen molar-refractivity contribution in [1.29, 1.82) is 0 Å². The van der Waals surface area contributed by atoms with Crippen LogP contribution < -0.4 is 10.6 Å². The van der Waals surface area contributed by atoms with Crippen molar-refractivity contribution in [2.75, 3.05) is 25.9 Å². The molecule has 1 amide bonds. The Labute approximate surface area is 90.4 Å². The molecule has 14 heavy (non-hydrogen) atoms. The quantitative estimate of drug-likeness (QED) is 0.727. The number of carbonyl (C=O) groups excluding carboxylic acids is 1. The molecule has 1 heterocycles. The van der Waals surface area contributed by atoms with Gasteiger partial charge in [-0.2, -0.15) is 11.8 Å². The molecule has 1 unspecified atom stereocenters. The van der Waals surface area contributed by atoms with Crippen LogP contribution in [0.4, 0.5) is 0 Å². The number of thioether (sulfide) groups is 1. The number of rotatable bonds is 4. The summed E-state index contributed by atoms with van der Waals surface area (Å²) in [6.07, 6.45) is 2.07. The highest BCUT2D eigenvalue weighted by Gasteiger charge is 2.29. The summed E-state index contributed by atoms with van der Waals surface area (Å²) in [6, 6.07) is 0. The van der Waals surface area contributed by atoms with E-state index in [0.717, 1.165) is 19.6 Å². The summed E-state index contributed by atoms with van der Waals surface area (Å²) in [7, 11) is 0. The number of amides is 1. The Morgan fingerprint density at radius 2 is 2.36 bits per heavy atom. The van der Waals surface area contributed by atoms with Gasteiger partial charge in [0.15, 0.2) is 0 Å². The molecule has 1 saturated heterocycles. The summed E-state index contributed by atoms with van der Waals surface area (Å²) in [6.45, 7) is 6.84. The molecule has 2 N–H and O–H groups in total. The first-order chi connectivity index (χ1) is 6.65. The first kappa shape index (κ1) is 11.9. The highest BCUT2D eigenvalue weighted by molar-refractivity contribution is 7.99. The van der Waals surface area contributed by atoms with Crippen LogP contribution in [0.15, 0.2) is 0 Å². The maximum atomic E-state index is 11.7. The van der Waals surface area contributed by atoms with Gasteiger partial charge in [0.05, 0.1) is 5.92 Å². The SMILES string of the molecule is CSC(C)CNC(=O)[C@@H]1CNC[C@H]1C. The summed E-state index contributed by atoms with van der Waals surface area (Å²) in [4.78, 5) is 11.7. The third-order valence-corrected chi connectivity index (χ3v) is 3.79. The molecular formula is C10H20N2OS. The minimum atomic E-state index is 0.170. The van der Waals surface area contributed by atoms with Crippen molar-refractivity contribution in [3.63, 3.8) is 0 Å². The van der Waals surface area contributed by atoms with Crippen LogP contribution in [0.25, 0.3) is 0 Å². The smallest absolute Gasteiger partial charge is 0.224 e. The van der Waals surface area contributed by atoms with Crippen LogP contribution in [-0.2, 0) is 4.79 Å². The molecule has 82 valence electrons. The molecule has 0 radical (unpaired) electrons. The highest BCUT2D eigenvalue weighted by Crippen LogP contribution is 2.15. The monoisotopic (exact) mass is 216 g/mol. The Kier molecular flexibility index (Phi) is 4.75. The predicted molar refractivity (Wildman–Crippen MR) is 61.5 cm³/mol. The van der Waals surface area contributed by atoms with E-state index >= 15 is 0 Å². The Hall–Kier alpha value is -0.220. The molecule has 1 rings (SSSR count). The van der Waals surface area contributed by atoms with E-state index in [4.69, 9.17) is 0 Å². The topological polar surface area (TPSA) is 41.1 Å². The highest BCUT2D eigenvalue weighted by atomic mass is 32.2. The molecule has 3 atom stereocenters. The Morgan fingerprint density at radius 3 is 2.86 bits per heavy atom. The lowest BCUT2D eigenvalue weighted by Gasteiger charge is -2.16. The zero-order chi connectivity index (χ0) is 10.6. The summed E-state index contributed by atoms with van der Waals surface area (Å²) in [5.74, 6) is 0.854. The minimum Gasteiger partial charge on any atom is -0.355 e.